The third-order valence-corrected chi connectivity index (χ3v) is 14.5. The molecule has 0 N–H and O–H groups in total. The highest BCUT2D eigenvalue weighted by Gasteiger charge is 2.04. The zero-order valence-electron chi connectivity index (χ0n) is 47.7. The SMILES string of the molecule is CCCCCC/C=C\CCCCCCCCOC(=O)CCCCCCCCCCCCCCCCCCCCCCC/C=C\CCCCCCCCOC(=O)CCCCCCC/C=C\CCCCCC. The Hall–Kier alpha value is -1.84. The number of carbonyl (C=O) groups is 2. The molecule has 4 nitrogen and oxygen atoms in total. The van der Waals surface area contributed by atoms with Gasteiger partial charge in [-0.15, -0.1) is 0 Å². The minimum Gasteiger partial charge on any atom is -0.466 e. The Morgan fingerprint density at radius 3 is 0.614 bits per heavy atom. The lowest BCUT2D eigenvalue weighted by Gasteiger charge is -2.06. The first kappa shape index (κ1) is 68.2. The van der Waals surface area contributed by atoms with Gasteiger partial charge < -0.3 is 9.47 Å². The van der Waals surface area contributed by atoms with E-state index in [1.807, 2.05) is 0 Å². The van der Waals surface area contributed by atoms with E-state index in [0.29, 0.717) is 26.1 Å². The van der Waals surface area contributed by atoms with Crippen molar-refractivity contribution in [1.82, 2.24) is 0 Å². The first-order chi connectivity index (χ1) is 34.7. The number of hydrogen-bond acceptors (Lipinski definition) is 4. The number of carbonyl (C=O) groups excluding carboxylic acids is 2. The van der Waals surface area contributed by atoms with Gasteiger partial charge in [0, 0.05) is 12.8 Å². The monoisotopic (exact) mass is 981 g/mol. The molecule has 0 aliphatic heterocycles. The maximum atomic E-state index is 12.1. The van der Waals surface area contributed by atoms with Gasteiger partial charge in [-0.2, -0.15) is 0 Å². The predicted octanol–water partition coefficient (Wildman–Crippen LogP) is 22.8. The molecule has 412 valence electrons. The molecule has 0 aliphatic rings. The van der Waals surface area contributed by atoms with Crippen LogP contribution in [-0.4, -0.2) is 25.2 Å². The van der Waals surface area contributed by atoms with Crippen LogP contribution in [0.1, 0.15) is 361 Å². The minimum absolute atomic E-state index is 0.00824. The number of allylic oxidation sites excluding steroid dienone is 6. The highest BCUT2D eigenvalue weighted by atomic mass is 16.5. The molecule has 0 atom stereocenters. The van der Waals surface area contributed by atoms with E-state index in [-0.39, 0.29) is 11.9 Å². The average molecular weight is 982 g/mol. The molecule has 0 radical (unpaired) electrons. The zero-order valence-corrected chi connectivity index (χ0v) is 47.7. The van der Waals surface area contributed by atoms with Gasteiger partial charge in [0.05, 0.1) is 13.2 Å². The van der Waals surface area contributed by atoms with Crippen LogP contribution in [0, 0.1) is 0 Å². The third kappa shape index (κ3) is 62.3. The first-order valence-corrected chi connectivity index (χ1v) is 32.0. The molecule has 0 spiro atoms. The number of ether oxygens (including phenoxy) is 2. The second-order valence-corrected chi connectivity index (χ2v) is 21.6. The molecule has 0 aromatic heterocycles. The molecule has 0 heterocycles. The fourth-order valence-corrected chi connectivity index (χ4v) is 9.70. The molecule has 0 aromatic rings. The van der Waals surface area contributed by atoms with Crippen molar-refractivity contribution in [1.29, 1.82) is 0 Å². The number of hydrogen-bond donors (Lipinski definition) is 0. The summed E-state index contributed by atoms with van der Waals surface area (Å²) in [6.07, 6.45) is 83.5. The van der Waals surface area contributed by atoms with Crippen LogP contribution in [0.4, 0.5) is 0 Å². The Kier molecular flexibility index (Phi) is 61.6. The summed E-state index contributed by atoms with van der Waals surface area (Å²) in [6.45, 7) is 5.77. The van der Waals surface area contributed by atoms with Crippen LogP contribution in [0.3, 0.4) is 0 Å². The molecule has 0 fully saturated rings. The Balaban J connectivity index is 3.22. The second kappa shape index (κ2) is 63.3. The van der Waals surface area contributed by atoms with Crippen molar-refractivity contribution >= 4 is 11.9 Å². The van der Waals surface area contributed by atoms with Crippen LogP contribution in [0.5, 0.6) is 0 Å². The van der Waals surface area contributed by atoms with Crippen molar-refractivity contribution in [3.05, 3.63) is 36.5 Å². The molecule has 0 aliphatic carbocycles. The molecular formula is C66H124O4. The summed E-state index contributed by atoms with van der Waals surface area (Å²) >= 11 is 0. The van der Waals surface area contributed by atoms with Crippen molar-refractivity contribution < 1.29 is 19.1 Å². The standard InChI is InChI=1S/C66H124O4/c1-3-5-7-9-11-13-15-17-39-43-47-51-55-59-63-69-66(68)62-58-54-50-46-42-38-35-33-31-29-27-25-23-21-19-18-20-22-24-26-28-30-32-34-36-40-44-48-52-56-60-64-70-65(67)61-57-53-49-45-41-37-16-14-12-10-8-6-4-2/h13-16,32,34H,3-12,17-31,33,35-64H2,1-2H3/b15-13-,16-14-,34-32-. The Morgan fingerprint density at radius 2 is 0.400 bits per heavy atom. The van der Waals surface area contributed by atoms with Crippen LogP contribution in [0.25, 0.3) is 0 Å². The van der Waals surface area contributed by atoms with Crippen molar-refractivity contribution in [2.45, 2.75) is 361 Å². The summed E-state index contributed by atoms with van der Waals surface area (Å²) in [4.78, 5) is 24.1. The average Bonchev–Trinajstić information content (AvgIpc) is 3.36. The van der Waals surface area contributed by atoms with Crippen LogP contribution < -0.4 is 0 Å². The van der Waals surface area contributed by atoms with E-state index in [9.17, 15) is 9.59 Å². The molecule has 0 bridgehead atoms. The van der Waals surface area contributed by atoms with E-state index in [2.05, 4.69) is 50.3 Å². The first-order valence-electron chi connectivity index (χ1n) is 32.0. The van der Waals surface area contributed by atoms with E-state index >= 15 is 0 Å². The maximum Gasteiger partial charge on any atom is 0.305 e. The predicted molar refractivity (Wildman–Crippen MR) is 310 cm³/mol. The molecular weight excluding hydrogens is 857 g/mol. The van der Waals surface area contributed by atoms with E-state index in [1.165, 1.54) is 302 Å². The highest BCUT2D eigenvalue weighted by molar-refractivity contribution is 5.69. The third-order valence-electron chi connectivity index (χ3n) is 14.5. The minimum atomic E-state index is 0.00824. The molecule has 0 unspecified atom stereocenters. The van der Waals surface area contributed by atoms with Gasteiger partial charge in [-0.3, -0.25) is 9.59 Å². The normalized spacial score (nSPS) is 11.9. The highest BCUT2D eigenvalue weighted by Crippen LogP contribution is 2.17. The van der Waals surface area contributed by atoms with Gasteiger partial charge in [0.1, 0.15) is 0 Å². The lowest BCUT2D eigenvalue weighted by molar-refractivity contribution is -0.144. The molecule has 70 heavy (non-hydrogen) atoms. The Labute approximate surface area is 439 Å². The summed E-state index contributed by atoms with van der Waals surface area (Å²) in [6, 6.07) is 0. The summed E-state index contributed by atoms with van der Waals surface area (Å²) in [5.74, 6) is 0.0273. The van der Waals surface area contributed by atoms with Crippen molar-refractivity contribution in [3.63, 3.8) is 0 Å². The molecule has 4 heteroatoms. The van der Waals surface area contributed by atoms with Gasteiger partial charge in [0.25, 0.3) is 0 Å². The van der Waals surface area contributed by atoms with Gasteiger partial charge in [-0.05, 0) is 103 Å². The van der Waals surface area contributed by atoms with Crippen LogP contribution >= 0.6 is 0 Å². The van der Waals surface area contributed by atoms with Gasteiger partial charge in [-0.25, -0.2) is 0 Å². The largest absolute Gasteiger partial charge is 0.466 e. The van der Waals surface area contributed by atoms with Crippen LogP contribution in [0.2, 0.25) is 0 Å². The number of unbranched alkanes of at least 4 members (excludes halogenated alkanes) is 46. The smallest absolute Gasteiger partial charge is 0.305 e. The number of esters is 2. The summed E-state index contributed by atoms with van der Waals surface area (Å²) in [5.41, 5.74) is 0. The van der Waals surface area contributed by atoms with Crippen molar-refractivity contribution in [3.8, 4) is 0 Å². The summed E-state index contributed by atoms with van der Waals surface area (Å²) in [7, 11) is 0. The van der Waals surface area contributed by atoms with E-state index in [0.717, 1.165) is 32.1 Å². The fraction of sp³-hybridized carbons (Fsp3) is 0.879. The van der Waals surface area contributed by atoms with Gasteiger partial charge in [-0.1, -0.05) is 281 Å². The molecule has 0 saturated carbocycles. The van der Waals surface area contributed by atoms with E-state index < -0.39 is 0 Å². The van der Waals surface area contributed by atoms with E-state index in [4.69, 9.17) is 9.47 Å². The summed E-state index contributed by atoms with van der Waals surface area (Å²) < 4.78 is 11.0. The van der Waals surface area contributed by atoms with Crippen molar-refractivity contribution in [2.24, 2.45) is 0 Å². The Morgan fingerprint density at radius 1 is 0.229 bits per heavy atom. The lowest BCUT2D eigenvalue weighted by Crippen LogP contribution is -2.05. The lowest BCUT2D eigenvalue weighted by atomic mass is 10.0. The van der Waals surface area contributed by atoms with E-state index in [1.54, 1.807) is 0 Å². The zero-order chi connectivity index (χ0) is 50.4. The van der Waals surface area contributed by atoms with Gasteiger partial charge >= 0.3 is 11.9 Å². The Bertz CT molecular complexity index is 1090. The molecule has 0 rings (SSSR count). The van der Waals surface area contributed by atoms with Crippen LogP contribution in [-0.2, 0) is 19.1 Å². The molecule has 0 aromatic carbocycles. The quantitative estimate of drug-likeness (QED) is 0.0346. The number of rotatable bonds is 60. The van der Waals surface area contributed by atoms with Crippen molar-refractivity contribution in [2.75, 3.05) is 13.2 Å². The topological polar surface area (TPSA) is 52.6 Å². The molecule has 0 amide bonds. The van der Waals surface area contributed by atoms with Gasteiger partial charge in [0.15, 0.2) is 0 Å². The maximum absolute atomic E-state index is 12.1. The van der Waals surface area contributed by atoms with Gasteiger partial charge in [0.2, 0.25) is 0 Å². The summed E-state index contributed by atoms with van der Waals surface area (Å²) in [5, 5.41) is 0. The van der Waals surface area contributed by atoms with Crippen LogP contribution in [0.15, 0.2) is 36.5 Å². The molecule has 0 saturated heterocycles. The fourth-order valence-electron chi connectivity index (χ4n) is 9.70. The second-order valence-electron chi connectivity index (χ2n) is 21.6.